The molecule has 4 aromatic rings. The third-order valence-corrected chi connectivity index (χ3v) is 5.84. The molecule has 2 aromatic carbocycles. The molecular weight excluding hydrogens is 397 g/mol. The normalized spacial score (nSPS) is 14.5. The smallest absolute Gasteiger partial charge is 0.291 e. The fourth-order valence-corrected chi connectivity index (χ4v) is 4.28. The first kappa shape index (κ1) is 19.3. The number of hydrogen-bond donors (Lipinski definition) is 0. The molecule has 7 nitrogen and oxygen atoms in total. The van der Waals surface area contributed by atoms with Crippen molar-refractivity contribution in [1.82, 2.24) is 19.1 Å². The van der Waals surface area contributed by atoms with Crippen molar-refractivity contribution in [2.45, 2.75) is 13.5 Å². The molecule has 0 atom stereocenters. The van der Waals surface area contributed by atoms with Crippen LogP contribution in [0, 0.1) is 12.7 Å². The molecule has 158 valence electrons. The SMILES string of the molecule is Cc1nn(CC(=O)N2CCN(c3ccccc3)CC2)c(=O)c2cc3cc(F)ccc3n12. The van der Waals surface area contributed by atoms with Crippen molar-refractivity contribution in [2.75, 3.05) is 31.1 Å². The van der Waals surface area contributed by atoms with E-state index in [2.05, 4.69) is 22.1 Å². The minimum Gasteiger partial charge on any atom is -0.368 e. The molecule has 31 heavy (non-hydrogen) atoms. The summed E-state index contributed by atoms with van der Waals surface area (Å²) in [5.74, 6) is 0.0743. The maximum atomic E-state index is 13.6. The average Bonchev–Trinajstić information content (AvgIpc) is 3.17. The summed E-state index contributed by atoms with van der Waals surface area (Å²) in [6, 6.07) is 16.1. The predicted molar refractivity (Wildman–Crippen MR) is 117 cm³/mol. The van der Waals surface area contributed by atoms with Crippen LogP contribution in [0.15, 0.2) is 59.4 Å². The van der Waals surface area contributed by atoms with Crippen LogP contribution in [0.4, 0.5) is 10.1 Å². The Labute approximate surface area is 177 Å². The van der Waals surface area contributed by atoms with Gasteiger partial charge >= 0.3 is 0 Å². The molecule has 0 N–H and O–H groups in total. The molecule has 2 aromatic heterocycles. The molecule has 0 radical (unpaired) electrons. The quantitative estimate of drug-likeness (QED) is 0.512. The average molecular weight is 419 g/mol. The molecule has 0 aliphatic carbocycles. The summed E-state index contributed by atoms with van der Waals surface area (Å²) in [7, 11) is 0. The van der Waals surface area contributed by atoms with Gasteiger partial charge in [0.1, 0.15) is 23.7 Å². The zero-order valence-electron chi connectivity index (χ0n) is 17.2. The number of piperazine rings is 1. The highest BCUT2D eigenvalue weighted by Gasteiger charge is 2.23. The Bertz CT molecular complexity index is 1340. The van der Waals surface area contributed by atoms with E-state index in [9.17, 15) is 14.0 Å². The molecule has 0 spiro atoms. The third kappa shape index (κ3) is 3.43. The van der Waals surface area contributed by atoms with Crippen molar-refractivity contribution in [3.8, 4) is 0 Å². The van der Waals surface area contributed by atoms with E-state index in [1.54, 1.807) is 28.4 Å². The Hall–Kier alpha value is -3.68. The summed E-state index contributed by atoms with van der Waals surface area (Å²) in [5, 5.41) is 4.99. The molecule has 1 saturated heterocycles. The van der Waals surface area contributed by atoms with Gasteiger partial charge in [-0.1, -0.05) is 18.2 Å². The molecule has 0 bridgehead atoms. The number of anilines is 1. The van der Waals surface area contributed by atoms with Crippen LogP contribution >= 0.6 is 0 Å². The summed E-state index contributed by atoms with van der Waals surface area (Å²) < 4.78 is 16.5. The summed E-state index contributed by atoms with van der Waals surface area (Å²) in [5.41, 5.74) is 1.88. The van der Waals surface area contributed by atoms with Gasteiger partial charge in [-0.2, -0.15) is 5.10 Å². The third-order valence-electron chi connectivity index (χ3n) is 5.84. The van der Waals surface area contributed by atoms with E-state index >= 15 is 0 Å². The number of carbonyl (C=O) groups is 1. The van der Waals surface area contributed by atoms with E-state index in [1.165, 1.54) is 16.8 Å². The molecule has 0 unspecified atom stereocenters. The number of aryl methyl sites for hydroxylation is 1. The van der Waals surface area contributed by atoms with E-state index in [0.717, 1.165) is 18.8 Å². The van der Waals surface area contributed by atoms with E-state index in [4.69, 9.17) is 0 Å². The van der Waals surface area contributed by atoms with Gasteiger partial charge in [-0.05, 0) is 43.3 Å². The second kappa shape index (κ2) is 7.54. The maximum Gasteiger partial charge on any atom is 0.291 e. The fraction of sp³-hybridized carbons (Fsp3) is 0.261. The van der Waals surface area contributed by atoms with E-state index in [0.29, 0.717) is 35.3 Å². The first-order valence-electron chi connectivity index (χ1n) is 10.3. The van der Waals surface area contributed by atoms with Gasteiger partial charge in [0.25, 0.3) is 5.56 Å². The monoisotopic (exact) mass is 419 g/mol. The second-order valence-corrected chi connectivity index (χ2v) is 7.78. The highest BCUT2D eigenvalue weighted by Crippen LogP contribution is 2.20. The lowest BCUT2D eigenvalue weighted by atomic mass is 10.2. The Kier molecular flexibility index (Phi) is 4.69. The van der Waals surface area contributed by atoms with Gasteiger partial charge < -0.3 is 9.80 Å². The first-order valence-corrected chi connectivity index (χ1v) is 10.3. The van der Waals surface area contributed by atoms with Crippen LogP contribution in [0.3, 0.4) is 0 Å². The van der Waals surface area contributed by atoms with Crippen LogP contribution in [-0.2, 0) is 11.3 Å². The topological polar surface area (TPSA) is 62.9 Å². The first-order chi connectivity index (χ1) is 15.0. The molecule has 1 fully saturated rings. The van der Waals surface area contributed by atoms with Gasteiger partial charge in [0.05, 0.1) is 5.52 Å². The zero-order chi connectivity index (χ0) is 21.5. The van der Waals surface area contributed by atoms with Crippen molar-refractivity contribution in [1.29, 1.82) is 0 Å². The molecule has 1 aliphatic heterocycles. The summed E-state index contributed by atoms with van der Waals surface area (Å²) in [4.78, 5) is 29.9. The summed E-state index contributed by atoms with van der Waals surface area (Å²) in [6.07, 6.45) is 0. The molecule has 8 heteroatoms. The minimum absolute atomic E-state index is 0.114. The van der Waals surface area contributed by atoms with Crippen molar-refractivity contribution < 1.29 is 9.18 Å². The van der Waals surface area contributed by atoms with Crippen molar-refractivity contribution in [3.63, 3.8) is 0 Å². The molecule has 5 rings (SSSR count). The lowest BCUT2D eigenvalue weighted by Gasteiger charge is -2.36. The van der Waals surface area contributed by atoms with Gasteiger partial charge in [-0.3, -0.25) is 14.0 Å². The standard InChI is InChI=1S/C23H22FN5O2/c1-16-25-28(23(31)21-14-17-13-18(24)7-8-20(17)29(16)21)15-22(30)27-11-9-26(10-12-27)19-5-3-2-4-6-19/h2-8,13-14H,9-12,15H2,1H3. The van der Waals surface area contributed by atoms with Crippen LogP contribution in [0.2, 0.25) is 0 Å². The summed E-state index contributed by atoms with van der Waals surface area (Å²) in [6.45, 7) is 4.33. The van der Waals surface area contributed by atoms with Crippen LogP contribution in [-0.4, -0.2) is 51.2 Å². The van der Waals surface area contributed by atoms with Gasteiger partial charge in [-0.25, -0.2) is 9.07 Å². The van der Waals surface area contributed by atoms with Crippen LogP contribution in [0.5, 0.6) is 0 Å². The number of fused-ring (bicyclic) bond motifs is 3. The number of carbonyl (C=O) groups excluding carboxylic acids is 1. The molecule has 1 aliphatic rings. The van der Waals surface area contributed by atoms with Crippen molar-refractivity contribution >= 4 is 28.0 Å². The highest BCUT2D eigenvalue weighted by atomic mass is 19.1. The minimum atomic E-state index is -0.363. The highest BCUT2D eigenvalue weighted by molar-refractivity contribution is 5.87. The predicted octanol–water partition coefficient (Wildman–Crippen LogP) is 2.45. The van der Waals surface area contributed by atoms with E-state index < -0.39 is 0 Å². The number of nitrogens with zero attached hydrogens (tertiary/aromatic N) is 5. The number of aromatic nitrogens is 3. The van der Waals surface area contributed by atoms with Crippen molar-refractivity contribution in [3.05, 3.63) is 76.6 Å². The van der Waals surface area contributed by atoms with Gasteiger partial charge in [-0.15, -0.1) is 0 Å². The Morgan fingerprint density at radius 2 is 1.74 bits per heavy atom. The molecule has 1 amide bonds. The number of rotatable bonds is 3. The molecule has 3 heterocycles. The number of hydrogen-bond acceptors (Lipinski definition) is 4. The van der Waals surface area contributed by atoms with Gasteiger partial charge in [0.2, 0.25) is 5.91 Å². The second-order valence-electron chi connectivity index (χ2n) is 7.78. The Morgan fingerprint density at radius 1 is 1.00 bits per heavy atom. The Morgan fingerprint density at radius 3 is 2.48 bits per heavy atom. The van der Waals surface area contributed by atoms with Gasteiger partial charge in [0, 0.05) is 37.3 Å². The number of amides is 1. The molecule has 0 saturated carbocycles. The number of benzene rings is 2. The summed E-state index contributed by atoms with van der Waals surface area (Å²) >= 11 is 0. The van der Waals surface area contributed by atoms with Gasteiger partial charge in [0.15, 0.2) is 0 Å². The maximum absolute atomic E-state index is 13.6. The van der Waals surface area contributed by atoms with Crippen molar-refractivity contribution in [2.24, 2.45) is 0 Å². The zero-order valence-corrected chi connectivity index (χ0v) is 17.2. The van der Waals surface area contributed by atoms with E-state index in [1.807, 2.05) is 18.2 Å². The molecular formula is C23H22FN5O2. The van der Waals surface area contributed by atoms with Crippen LogP contribution in [0.1, 0.15) is 5.82 Å². The largest absolute Gasteiger partial charge is 0.368 e. The Balaban J connectivity index is 1.37. The fourth-order valence-electron chi connectivity index (χ4n) is 4.28. The van der Waals surface area contributed by atoms with E-state index in [-0.39, 0.29) is 23.8 Å². The number of halogens is 1. The number of para-hydroxylation sites is 1. The van der Waals surface area contributed by atoms with Crippen LogP contribution in [0.25, 0.3) is 16.4 Å². The van der Waals surface area contributed by atoms with Crippen LogP contribution < -0.4 is 10.5 Å². The lowest BCUT2D eigenvalue weighted by molar-refractivity contribution is -0.132. The lowest BCUT2D eigenvalue weighted by Crippen LogP contribution is -2.50.